The van der Waals surface area contributed by atoms with Crippen molar-refractivity contribution in [2.24, 2.45) is 13.0 Å². The summed E-state index contributed by atoms with van der Waals surface area (Å²) in [4.78, 5) is 23.7. The van der Waals surface area contributed by atoms with Gasteiger partial charge < -0.3 is 0 Å². The van der Waals surface area contributed by atoms with Crippen LogP contribution >= 0.6 is 0 Å². The van der Waals surface area contributed by atoms with Crippen molar-refractivity contribution in [1.82, 2.24) is 24.6 Å². The Morgan fingerprint density at radius 3 is 2.67 bits per heavy atom. The minimum absolute atomic E-state index is 0.229. The number of hydrogen-bond donors (Lipinski definition) is 0. The van der Waals surface area contributed by atoms with E-state index in [9.17, 15) is 4.79 Å². The van der Waals surface area contributed by atoms with Gasteiger partial charge in [-0.2, -0.15) is 5.10 Å². The van der Waals surface area contributed by atoms with Crippen LogP contribution < -0.4 is 0 Å². The van der Waals surface area contributed by atoms with E-state index in [0.717, 1.165) is 46.7 Å². The normalized spacial score (nSPS) is 16.1. The summed E-state index contributed by atoms with van der Waals surface area (Å²) in [6.45, 7) is 4.86. The second-order valence-electron chi connectivity index (χ2n) is 7.67. The van der Waals surface area contributed by atoms with Crippen LogP contribution in [0.2, 0.25) is 0 Å². The number of fused-ring (bicyclic) bond motifs is 1. The van der Waals surface area contributed by atoms with Gasteiger partial charge in [0.15, 0.2) is 5.78 Å². The molecule has 1 fully saturated rings. The molecule has 3 aromatic heterocycles. The molecule has 0 unspecified atom stereocenters. The van der Waals surface area contributed by atoms with Crippen molar-refractivity contribution < 1.29 is 4.79 Å². The molecule has 0 aromatic carbocycles. The fraction of sp³-hybridized carbons (Fsp3) is 0.429. The molecule has 6 heteroatoms. The Kier molecular flexibility index (Phi) is 4.99. The van der Waals surface area contributed by atoms with E-state index in [2.05, 4.69) is 33.0 Å². The maximum atomic E-state index is 12.5. The molecule has 6 nitrogen and oxygen atoms in total. The van der Waals surface area contributed by atoms with Gasteiger partial charge in [-0.05, 0) is 44.0 Å². The number of piperidine rings is 1. The third kappa shape index (κ3) is 4.22. The summed E-state index contributed by atoms with van der Waals surface area (Å²) in [7, 11) is 1.90. The van der Waals surface area contributed by atoms with E-state index in [1.165, 1.54) is 12.8 Å². The number of ketones is 1. The van der Waals surface area contributed by atoms with Crippen LogP contribution in [0.3, 0.4) is 0 Å². The third-order valence-electron chi connectivity index (χ3n) is 5.32. The van der Waals surface area contributed by atoms with Crippen LogP contribution in [-0.4, -0.2) is 50.1 Å². The average Bonchev–Trinajstić information content (AvgIpc) is 3.09. The van der Waals surface area contributed by atoms with E-state index in [1.807, 2.05) is 31.7 Å². The molecule has 0 saturated carbocycles. The zero-order valence-electron chi connectivity index (χ0n) is 15.9. The molecule has 0 spiro atoms. The van der Waals surface area contributed by atoms with Crippen molar-refractivity contribution in [3.05, 3.63) is 42.6 Å². The zero-order valence-corrected chi connectivity index (χ0v) is 15.9. The monoisotopic (exact) mass is 363 g/mol. The first-order valence-corrected chi connectivity index (χ1v) is 9.54. The molecule has 1 saturated heterocycles. The maximum Gasteiger partial charge on any atom is 0.152 e. The Morgan fingerprint density at radius 1 is 1.11 bits per heavy atom. The molecule has 27 heavy (non-hydrogen) atoms. The maximum absolute atomic E-state index is 12.5. The number of rotatable bonds is 5. The lowest BCUT2D eigenvalue weighted by Crippen LogP contribution is -2.37. The van der Waals surface area contributed by atoms with Gasteiger partial charge in [-0.3, -0.25) is 24.3 Å². The Bertz CT molecular complexity index is 956. The molecular formula is C21H25N5O. The van der Waals surface area contributed by atoms with Gasteiger partial charge in [-0.25, -0.2) is 0 Å². The molecule has 140 valence electrons. The molecule has 1 aliphatic heterocycles. The fourth-order valence-electron chi connectivity index (χ4n) is 3.63. The van der Waals surface area contributed by atoms with Gasteiger partial charge in [0.05, 0.1) is 30.9 Å². The summed E-state index contributed by atoms with van der Waals surface area (Å²) in [5.74, 6) is 1.01. The molecule has 4 heterocycles. The van der Waals surface area contributed by atoms with Gasteiger partial charge in [-0.15, -0.1) is 0 Å². The van der Waals surface area contributed by atoms with Crippen molar-refractivity contribution in [3.8, 4) is 11.1 Å². The van der Waals surface area contributed by atoms with E-state index in [-0.39, 0.29) is 5.78 Å². The lowest BCUT2D eigenvalue weighted by molar-refractivity contribution is -0.119. The third-order valence-corrected chi connectivity index (χ3v) is 5.32. The molecular weight excluding hydrogens is 338 g/mol. The molecule has 0 bridgehead atoms. The lowest BCUT2D eigenvalue weighted by Gasteiger charge is -2.29. The number of likely N-dealkylation sites (tertiary alicyclic amines) is 1. The highest BCUT2D eigenvalue weighted by molar-refractivity contribution is 5.86. The first-order chi connectivity index (χ1) is 13.1. The van der Waals surface area contributed by atoms with Crippen molar-refractivity contribution >= 4 is 16.7 Å². The van der Waals surface area contributed by atoms with Gasteiger partial charge in [0.2, 0.25) is 0 Å². The predicted octanol–water partition coefficient (Wildman–Crippen LogP) is 2.87. The lowest BCUT2D eigenvalue weighted by atomic mass is 9.99. The van der Waals surface area contributed by atoms with E-state index in [0.29, 0.717) is 13.0 Å². The van der Waals surface area contributed by atoms with E-state index < -0.39 is 0 Å². The number of Topliss-reactive ketones (excluding diaryl/α,β-unsaturated/α-hetero) is 1. The summed E-state index contributed by atoms with van der Waals surface area (Å²) in [5, 5.41) is 5.22. The Balaban J connectivity index is 1.48. The zero-order chi connectivity index (χ0) is 18.8. The van der Waals surface area contributed by atoms with Crippen molar-refractivity contribution in [2.75, 3.05) is 19.6 Å². The fourth-order valence-corrected chi connectivity index (χ4v) is 3.63. The minimum Gasteiger partial charge on any atom is -0.298 e. The SMILES string of the molecule is CC1CCN(CC(=O)Cc2cc3cc(-c4cnn(C)c4)cnc3cn2)CC1. The highest BCUT2D eigenvalue weighted by Gasteiger charge is 2.18. The van der Waals surface area contributed by atoms with Crippen LogP contribution in [0, 0.1) is 5.92 Å². The number of aromatic nitrogens is 4. The van der Waals surface area contributed by atoms with Crippen LogP contribution in [0.25, 0.3) is 22.0 Å². The first kappa shape index (κ1) is 17.8. The number of nitrogens with zero attached hydrogens (tertiary/aromatic N) is 5. The quantitative estimate of drug-likeness (QED) is 0.697. The van der Waals surface area contributed by atoms with Crippen molar-refractivity contribution in [2.45, 2.75) is 26.2 Å². The molecule has 0 amide bonds. The second kappa shape index (κ2) is 7.56. The molecule has 0 radical (unpaired) electrons. The topological polar surface area (TPSA) is 63.9 Å². The van der Waals surface area contributed by atoms with Crippen LogP contribution in [0.1, 0.15) is 25.5 Å². The van der Waals surface area contributed by atoms with Gasteiger partial charge >= 0.3 is 0 Å². The summed E-state index contributed by atoms with van der Waals surface area (Å²) >= 11 is 0. The van der Waals surface area contributed by atoms with Crippen molar-refractivity contribution in [1.29, 1.82) is 0 Å². The summed E-state index contributed by atoms with van der Waals surface area (Å²) in [5.41, 5.74) is 3.69. The molecule has 0 aliphatic carbocycles. The Morgan fingerprint density at radius 2 is 1.93 bits per heavy atom. The summed E-state index contributed by atoms with van der Waals surface area (Å²) in [6, 6.07) is 4.07. The standard InChI is InChI=1S/C21H25N5O/c1-15-3-5-26(6-4-15)14-20(27)9-19-8-16-7-17(10-23-21(16)12-22-19)18-11-24-25(2)13-18/h7-8,10-13,15H,3-6,9,14H2,1-2H3. The second-order valence-corrected chi connectivity index (χ2v) is 7.67. The van der Waals surface area contributed by atoms with Gasteiger partial charge in [0, 0.05) is 41.6 Å². The molecule has 1 aliphatic rings. The van der Waals surface area contributed by atoms with Gasteiger partial charge in [0.25, 0.3) is 0 Å². The van der Waals surface area contributed by atoms with E-state index >= 15 is 0 Å². The number of carbonyl (C=O) groups is 1. The van der Waals surface area contributed by atoms with Gasteiger partial charge in [-0.1, -0.05) is 6.92 Å². The summed E-state index contributed by atoms with van der Waals surface area (Å²) < 4.78 is 1.78. The van der Waals surface area contributed by atoms with Crippen LogP contribution in [0.5, 0.6) is 0 Å². The molecule has 0 N–H and O–H groups in total. The Hall–Kier alpha value is -2.60. The minimum atomic E-state index is 0.229. The highest BCUT2D eigenvalue weighted by atomic mass is 16.1. The largest absolute Gasteiger partial charge is 0.298 e. The first-order valence-electron chi connectivity index (χ1n) is 9.54. The highest BCUT2D eigenvalue weighted by Crippen LogP contribution is 2.22. The number of aryl methyl sites for hydroxylation is 1. The summed E-state index contributed by atoms with van der Waals surface area (Å²) in [6.07, 6.45) is 10.1. The average molecular weight is 363 g/mol. The molecule has 4 rings (SSSR count). The van der Waals surface area contributed by atoms with Crippen LogP contribution in [0.4, 0.5) is 0 Å². The van der Waals surface area contributed by atoms with Crippen molar-refractivity contribution in [3.63, 3.8) is 0 Å². The van der Waals surface area contributed by atoms with E-state index in [1.54, 1.807) is 10.9 Å². The molecule has 0 atom stereocenters. The number of hydrogen-bond acceptors (Lipinski definition) is 5. The number of pyridine rings is 2. The number of carbonyl (C=O) groups excluding carboxylic acids is 1. The van der Waals surface area contributed by atoms with Gasteiger partial charge in [0.1, 0.15) is 0 Å². The Labute approximate surface area is 159 Å². The van der Waals surface area contributed by atoms with Crippen LogP contribution in [-0.2, 0) is 18.3 Å². The smallest absolute Gasteiger partial charge is 0.152 e. The van der Waals surface area contributed by atoms with Crippen LogP contribution in [0.15, 0.2) is 36.9 Å². The van der Waals surface area contributed by atoms with E-state index in [4.69, 9.17) is 0 Å². The molecule has 3 aromatic rings. The predicted molar refractivity (Wildman–Crippen MR) is 105 cm³/mol.